The fourth-order valence-electron chi connectivity index (χ4n) is 8.50. The van der Waals surface area contributed by atoms with E-state index in [1.807, 2.05) is 6.08 Å². The van der Waals surface area contributed by atoms with Crippen molar-refractivity contribution in [2.24, 2.45) is 0 Å². The van der Waals surface area contributed by atoms with Gasteiger partial charge in [-0.25, -0.2) is 0 Å². The highest BCUT2D eigenvalue weighted by Gasteiger charge is 2.51. The SMILES string of the molecule is CC/C=C\C/C=C\C/C=C\C/C=C\C/C=C\C/C=C\C/C=C\CCCCCCCC(=O)NC(COC1OC(CO)C(OC2OC(CO)C(O)C(O)C2O)C(O)C1O)C(O)/C=C/CCCCCCCCCCCC. The van der Waals surface area contributed by atoms with E-state index in [2.05, 4.69) is 104 Å². The molecule has 0 bridgehead atoms. The quantitative estimate of drug-likeness (QED) is 0.0206. The minimum Gasteiger partial charge on any atom is -0.394 e. The predicted octanol–water partition coefficient (Wildman–Crippen LogP) is 8.71. The third kappa shape index (κ3) is 30.3. The van der Waals surface area contributed by atoms with Crippen LogP contribution in [0.4, 0.5) is 0 Å². The van der Waals surface area contributed by atoms with E-state index in [0.717, 1.165) is 103 Å². The zero-order valence-corrected chi connectivity index (χ0v) is 44.6. The van der Waals surface area contributed by atoms with Crippen molar-refractivity contribution >= 4 is 5.91 Å². The highest BCUT2D eigenvalue weighted by molar-refractivity contribution is 5.76. The minimum absolute atomic E-state index is 0.252. The summed E-state index contributed by atoms with van der Waals surface area (Å²) in [7, 11) is 0. The molecule has 2 rings (SSSR count). The molecule has 418 valence electrons. The number of aliphatic hydroxyl groups is 8. The second-order valence-electron chi connectivity index (χ2n) is 19.3. The molecule has 1 amide bonds. The average Bonchev–Trinajstić information content (AvgIpc) is 3.39. The van der Waals surface area contributed by atoms with Crippen LogP contribution in [0.1, 0.15) is 174 Å². The number of allylic oxidation sites excluding steroid dienone is 15. The molecule has 2 aliphatic rings. The highest BCUT2D eigenvalue weighted by Crippen LogP contribution is 2.30. The number of amides is 1. The molecular weight excluding hydrogens is 931 g/mol. The van der Waals surface area contributed by atoms with Crippen LogP contribution in [0, 0.1) is 0 Å². The molecule has 0 aromatic carbocycles. The van der Waals surface area contributed by atoms with Crippen molar-refractivity contribution in [3.63, 3.8) is 0 Å². The van der Waals surface area contributed by atoms with Gasteiger partial charge in [-0.05, 0) is 77.0 Å². The first-order valence-corrected chi connectivity index (χ1v) is 28.0. The van der Waals surface area contributed by atoms with Gasteiger partial charge in [-0.3, -0.25) is 4.79 Å². The molecule has 0 aromatic heterocycles. The summed E-state index contributed by atoms with van der Waals surface area (Å²) in [5, 5.41) is 86.8. The largest absolute Gasteiger partial charge is 0.394 e. The number of unbranched alkanes of at least 4 members (excludes halogenated alkanes) is 15. The van der Waals surface area contributed by atoms with Gasteiger partial charge < -0.3 is 65.1 Å². The van der Waals surface area contributed by atoms with Gasteiger partial charge in [0.1, 0.15) is 48.8 Å². The molecule has 73 heavy (non-hydrogen) atoms. The summed E-state index contributed by atoms with van der Waals surface area (Å²) in [5.41, 5.74) is 0. The second-order valence-corrected chi connectivity index (χ2v) is 19.3. The van der Waals surface area contributed by atoms with E-state index in [4.69, 9.17) is 18.9 Å². The molecular formula is C59H99NO13. The van der Waals surface area contributed by atoms with E-state index >= 15 is 0 Å². The Morgan fingerprint density at radius 2 is 0.945 bits per heavy atom. The first-order valence-electron chi connectivity index (χ1n) is 28.0. The smallest absolute Gasteiger partial charge is 0.220 e. The van der Waals surface area contributed by atoms with Crippen molar-refractivity contribution in [1.29, 1.82) is 0 Å². The zero-order valence-electron chi connectivity index (χ0n) is 44.6. The van der Waals surface area contributed by atoms with Gasteiger partial charge in [-0.15, -0.1) is 0 Å². The molecule has 2 saturated heterocycles. The van der Waals surface area contributed by atoms with Gasteiger partial charge in [0.05, 0.1) is 32.0 Å². The molecule has 2 fully saturated rings. The van der Waals surface area contributed by atoms with Gasteiger partial charge in [-0.1, -0.05) is 188 Å². The van der Waals surface area contributed by atoms with Gasteiger partial charge in [-0.2, -0.15) is 0 Å². The van der Waals surface area contributed by atoms with Crippen LogP contribution < -0.4 is 5.32 Å². The van der Waals surface area contributed by atoms with E-state index in [-0.39, 0.29) is 18.9 Å². The Kier molecular flexibility index (Phi) is 39.9. The Balaban J connectivity index is 1.77. The van der Waals surface area contributed by atoms with E-state index in [1.54, 1.807) is 6.08 Å². The number of carbonyl (C=O) groups excluding carboxylic acids is 1. The fraction of sp³-hybridized carbons (Fsp3) is 0.712. The van der Waals surface area contributed by atoms with E-state index in [9.17, 15) is 45.6 Å². The molecule has 0 aliphatic carbocycles. The van der Waals surface area contributed by atoms with Crippen molar-refractivity contribution in [1.82, 2.24) is 5.32 Å². The predicted molar refractivity (Wildman–Crippen MR) is 290 cm³/mol. The second kappa shape index (κ2) is 44.1. The fourth-order valence-corrected chi connectivity index (χ4v) is 8.50. The Bertz CT molecular complexity index is 1590. The minimum atomic E-state index is -1.79. The summed E-state index contributed by atoms with van der Waals surface area (Å²) in [6.07, 6.45) is 43.0. The summed E-state index contributed by atoms with van der Waals surface area (Å²) in [5.74, 6) is -0.264. The van der Waals surface area contributed by atoms with Gasteiger partial charge >= 0.3 is 0 Å². The van der Waals surface area contributed by atoms with Crippen molar-refractivity contribution < 1.29 is 64.6 Å². The Morgan fingerprint density at radius 1 is 0.507 bits per heavy atom. The lowest BCUT2D eigenvalue weighted by molar-refractivity contribution is -0.359. The van der Waals surface area contributed by atoms with Crippen LogP contribution in [0.15, 0.2) is 97.2 Å². The molecule has 0 spiro atoms. The Labute approximate surface area is 439 Å². The van der Waals surface area contributed by atoms with Gasteiger partial charge in [0.2, 0.25) is 5.91 Å². The molecule has 14 heteroatoms. The van der Waals surface area contributed by atoms with Crippen molar-refractivity contribution in [3.05, 3.63) is 97.2 Å². The van der Waals surface area contributed by atoms with Crippen LogP contribution >= 0.6 is 0 Å². The van der Waals surface area contributed by atoms with Crippen molar-refractivity contribution in [2.75, 3.05) is 19.8 Å². The number of ether oxygens (including phenoxy) is 4. The van der Waals surface area contributed by atoms with E-state index in [1.165, 1.54) is 44.9 Å². The lowest BCUT2D eigenvalue weighted by Gasteiger charge is -2.46. The number of hydrogen-bond acceptors (Lipinski definition) is 13. The van der Waals surface area contributed by atoms with Gasteiger partial charge in [0.15, 0.2) is 12.6 Å². The number of rotatable bonds is 42. The van der Waals surface area contributed by atoms with Crippen LogP contribution in [0.2, 0.25) is 0 Å². The molecule has 0 aromatic rings. The summed E-state index contributed by atoms with van der Waals surface area (Å²) in [6, 6.07) is -0.931. The first kappa shape index (κ1) is 66.0. The maximum atomic E-state index is 13.2. The summed E-state index contributed by atoms with van der Waals surface area (Å²) in [6.45, 7) is 2.63. The standard InChI is InChI=1S/C59H99NO13/c1-3-5-7-9-11-13-15-17-18-19-20-21-22-23-24-25-26-27-28-29-30-31-33-35-37-39-41-43-51(64)60-47(48(63)42-40-38-36-34-32-16-14-12-10-8-6-4-2)46-70-58-56(69)54(67)57(50(45-62)72-58)73-59-55(68)53(66)52(65)49(44-61)71-59/h5,7,11,13,17-18,20-21,23-24,26-27,29-30,40,42,47-50,52-59,61-63,65-69H,3-4,6,8-10,12,14-16,19,22,25,28,31-39,41,43-46H2,1-2H3,(H,60,64)/b7-5-,13-11-,18-17-,21-20-,24-23-,27-26-,30-29-,42-40+. The summed E-state index contributed by atoms with van der Waals surface area (Å²) >= 11 is 0. The zero-order chi connectivity index (χ0) is 53.2. The van der Waals surface area contributed by atoms with Gasteiger partial charge in [0, 0.05) is 6.42 Å². The van der Waals surface area contributed by atoms with Crippen molar-refractivity contribution in [3.8, 4) is 0 Å². The van der Waals surface area contributed by atoms with Crippen LogP contribution in [0.3, 0.4) is 0 Å². The molecule has 14 nitrogen and oxygen atoms in total. The molecule has 12 unspecified atom stereocenters. The Hall–Kier alpha value is -3.09. The maximum Gasteiger partial charge on any atom is 0.220 e. The van der Waals surface area contributed by atoms with Gasteiger partial charge in [0.25, 0.3) is 0 Å². The first-order chi connectivity index (χ1) is 35.6. The van der Waals surface area contributed by atoms with Crippen LogP contribution in [-0.4, -0.2) is 140 Å². The number of nitrogens with one attached hydrogen (secondary N) is 1. The molecule has 2 aliphatic heterocycles. The number of carbonyl (C=O) groups is 1. The maximum absolute atomic E-state index is 13.2. The molecule has 9 N–H and O–H groups in total. The van der Waals surface area contributed by atoms with E-state index < -0.39 is 86.8 Å². The topological polar surface area (TPSA) is 228 Å². The monoisotopic (exact) mass is 1030 g/mol. The lowest BCUT2D eigenvalue weighted by atomic mass is 9.97. The lowest BCUT2D eigenvalue weighted by Crippen LogP contribution is -2.65. The number of hydrogen-bond donors (Lipinski definition) is 9. The molecule has 0 saturated carbocycles. The summed E-state index contributed by atoms with van der Waals surface area (Å²) < 4.78 is 22.7. The number of aliphatic hydroxyl groups excluding tert-OH is 8. The van der Waals surface area contributed by atoms with Crippen molar-refractivity contribution in [2.45, 2.75) is 248 Å². The Morgan fingerprint density at radius 3 is 1.45 bits per heavy atom. The van der Waals surface area contributed by atoms with E-state index in [0.29, 0.717) is 6.42 Å². The molecule has 12 atom stereocenters. The van der Waals surface area contributed by atoms with Crippen LogP contribution in [0.5, 0.6) is 0 Å². The summed E-state index contributed by atoms with van der Waals surface area (Å²) in [4.78, 5) is 13.2. The highest BCUT2D eigenvalue weighted by atomic mass is 16.7. The van der Waals surface area contributed by atoms with Crippen LogP contribution in [-0.2, 0) is 23.7 Å². The molecule has 0 radical (unpaired) electrons. The average molecular weight is 1030 g/mol. The third-order valence-corrected chi connectivity index (χ3v) is 13.0. The van der Waals surface area contributed by atoms with Crippen LogP contribution in [0.25, 0.3) is 0 Å². The third-order valence-electron chi connectivity index (χ3n) is 13.0. The molecule has 2 heterocycles. The normalized spacial score (nSPS) is 26.2.